The molecule has 2 aromatic carbocycles. The lowest BCUT2D eigenvalue weighted by molar-refractivity contribution is 0.515. The SMILES string of the molecule is Nc1ccc2c(c1)CC(NCCCCc1ccccc1)C2. The minimum absolute atomic E-state index is 0.596. The van der Waals surface area contributed by atoms with Crippen molar-refractivity contribution in [3.8, 4) is 0 Å². The Bertz CT molecular complexity index is 577. The fraction of sp³-hybridized carbons (Fsp3) is 0.368. The van der Waals surface area contributed by atoms with Crippen LogP contribution in [0.15, 0.2) is 48.5 Å². The molecule has 0 amide bonds. The average molecular weight is 280 g/mol. The maximum atomic E-state index is 5.85. The van der Waals surface area contributed by atoms with E-state index in [1.807, 2.05) is 6.07 Å². The van der Waals surface area contributed by atoms with Crippen LogP contribution in [0, 0.1) is 0 Å². The molecule has 110 valence electrons. The molecular formula is C19H24N2. The van der Waals surface area contributed by atoms with E-state index in [-0.39, 0.29) is 0 Å². The van der Waals surface area contributed by atoms with Crippen molar-refractivity contribution >= 4 is 5.69 Å². The van der Waals surface area contributed by atoms with E-state index >= 15 is 0 Å². The summed E-state index contributed by atoms with van der Waals surface area (Å²) in [5.74, 6) is 0. The summed E-state index contributed by atoms with van der Waals surface area (Å²) in [7, 11) is 0. The van der Waals surface area contributed by atoms with Crippen LogP contribution in [-0.2, 0) is 19.3 Å². The molecule has 0 fully saturated rings. The normalized spacial score (nSPS) is 16.9. The zero-order chi connectivity index (χ0) is 14.5. The van der Waals surface area contributed by atoms with Crippen LogP contribution in [0.1, 0.15) is 29.5 Å². The first-order chi connectivity index (χ1) is 10.3. The summed E-state index contributed by atoms with van der Waals surface area (Å²) in [6, 6.07) is 17.7. The maximum Gasteiger partial charge on any atom is 0.0316 e. The molecule has 0 aromatic heterocycles. The number of nitrogens with one attached hydrogen (secondary N) is 1. The molecule has 0 aliphatic heterocycles. The zero-order valence-corrected chi connectivity index (χ0v) is 12.5. The second kappa shape index (κ2) is 6.77. The largest absolute Gasteiger partial charge is 0.399 e. The van der Waals surface area contributed by atoms with Gasteiger partial charge in [0.2, 0.25) is 0 Å². The molecule has 1 aliphatic rings. The first-order valence-corrected chi connectivity index (χ1v) is 7.96. The molecule has 0 spiro atoms. The highest BCUT2D eigenvalue weighted by atomic mass is 14.9. The molecular weight excluding hydrogens is 256 g/mol. The van der Waals surface area contributed by atoms with E-state index in [0.29, 0.717) is 6.04 Å². The van der Waals surface area contributed by atoms with Gasteiger partial charge in [0.05, 0.1) is 0 Å². The van der Waals surface area contributed by atoms with Crippen LogP contribution in [0.25, 0.3) is 0 Å². The number of rotatable bonds is 6. The fourth-order valence-electron chi connectivity index (χ4n) is 3.19. The standard InChI is InChI=1S/C19H24N2/c20-18-10-9-16-13-19(14-17(16)12-18)21-11-5-4-8-15-6-2-1-3-7-15/h1-3,6-7,9-10,12,19,21H,4-5,8,11,13-14,20H2. The highest BCUT2D eigenvalue weighted by molar-refractivity contribution is 5.47. The Kier molecular flexibility index (Phi) is 4.56. The van der Waals surface area contributed by atoms with Gasteiger partial charge in [0.15, 0.2) is 0 Å². The number of unbranched alkanes of at least 4 members (excludes halogenated alkanes) is 1. The van der Waals surface area contributed by atoms with Crippen molar-refractivity contribution in [3.63, 3.8) is 0 Å². The molecule has 1 atom stereocenters. The van der Waals surface area contributed by atoms with Crippen LogP contribution in [0.4, 0.5) is 5.69 Å². The number of aryl methyl sites for hydroxylation is 1. The molecule has 0 saturated carbocycles. The summed E-state index contributed by atoms with van der Waals surface area (Å²) in [4.78, 5) is 0. The van der Waals surface area contributed by atoms with Gasteiger partial charge in [-0.05, 0) is 67.5 Å². The van der Waals surface area contributed by atoms with Crippen LogP contribution in [0.5, 0.6) is 0 Å². The van der Waals surface area contributed by atoms with E-state index in [1.165, 1.54) is 36.0 Å². The van der Waals surface area contributed by atoms with Gasteiger partial charge >= 0.3 is 0 Å². The predicted octanol–water partition coefficient (Wildman–Crippen LogP) is 3.35. The van der Waals surface area contributed by atoms with Crippen molar-refractivity contribution in [2.75, 3.05) is 12.3 Å². The molecule has 3 N–H and O–H groups in total. The van der Waals surface area contributed by atoms with E-state index in [4.69, 9.17) is 5.73 Å². The Balaban J connectivity index is 1.36. The van der Waals surface area contributed by atoms with Gasteiger partial charge in [-0.1, -0.05) is 36.4 Å². The Hall–Kier alpha value is -1.80. The molecule has 0 bridgehead atoms. The number of nitrogen functional groups attached to an aromatic ring is 1. The number of hydrogen-bond donors (Lipinski definition) is 2. The number of anilines is 1. The zero-order valence-electron chi connectivity index (χ0n) is 12.5. The molecule has 0 radical (unpaired) electrons. The molecule has 1 aliphatic carbocycles. The number of benzene rings is 2. The van der Waals surface area contributed by atoms with Crippen molar-refractivity contribution in [1.29, 1.82) is 0 Å². The predicted molar refractivity (Wildman–Crippen MR) is 89.4 cm³/mol. The molecule has 0 heterocycles. The summed E-state index contributed by atoms with van der Waals surface area (Å²) in [6.07, 6.45) is 5.95. The molecule has 21 heavy (non-hydrogen) atoms. The van der Waals surface area contributed by atoms with E-state index in [2.05, 4.69) is 47.8 Å². The summed E-state index contributed by atoms with van der Waals surface area (Å²) in [5, 5.41) is 3.69. The van der Waals surface area contributed by atoms with Gasteiger partial charge in [-0.15, -0.1) is 0 Å². The van der Waals surface area contributed by atoms with Crippen LogP contribution in [0.2, 0.25) is 0 Å². The second-order valence-electron chi connectivity index (χ2n) is 6.03. The first kappa shape index (κ1) is 14.2. The lowest BCUT2D eigenvalue weighted by atomic mass is 10.1. The smallest absolute Gasteiger partial charge is 0.0316 e. The number of hydrogen-bond acceptors (Lipinski definition) is 2. The van der Waals surface area contributed by atoms with Crippen molar-refractivity contribution in [2.45, 2.75) is 38.1 Å². The van der Waals surface area contributed by atoms with Crippen molar-refractivity contribution in [1.82, 2.24) is 5.32 Å². The van der Waals surface area contributed by atoms with Gasteiger partial charge in [0.1, 0.15) is 0 Å². The third-order valence-corrected chi connectivity index (χ3v) is 4.33. The Labute approximate surface area is 127 Å². The Morgan fingerprint density at radius 3 is 2.62 bits per heavy atom. The minimum atomic E-state index is 0.596. The van der Waals surface area contributed by atoms with Gasteiger partial charge in [0.25, 0.3) is 0 Å². The first-order valence-electron chi connectivity index (χ1n) is 7.96. The summed E-state index contributed by atoms with van der Waals surface area (Å²) in [5.41, 5.74) is 11.1. The molecule has 0 saturated heterocycles. The van der Waals surface area contributed by atoms with Crippen molar-refractivity contribution < 1.29 is 0 Å². The second-order valence-corrected chi connectivity index (χ2v) is 6.03. The van der Waals surface area contributed by atoms with Crippen LogP contribution in [0.3, 0.4) is 0 Å². The van der Waals surface area contributed by atoms with Crippen LogP contribution >= 0.6 is 0 Å². The van der Waals surface area contributed by atoms with E-state index in [0.717, 1.165) is 25.1 Å². The van der Waals surface area contributed by atoms with Gasteiger partial charge in [0, 0.05) is 11.7 Å². The topological polar surface area (TPSA) is 38.0 Å². The third-order valence-electron chi connectivity index (χ3n) is 4.33. The molecule has 2 heteroatoms. The van der Waals surface area contributed by atoms with Crippen molar-refractivity contribution in [3.05, 3.63) is 65.2 Å². The third kappa shape index (κ3) is 3.85. The highest BCUT2D eigenvalue weighted by Gasteiger charge is 2.20. The van der Waals surface area contributed by atoms with Crippen LogP contribution in [-0.4, -0.2) is 12.6 Å². The Morgan fingerprint density at radius 1 is 0.952 bits per heavy atom. The lowest BCUT2D eigenvalue weighted by Gasteiger charge is -2.11. The fourth-order valence-corrected chi connectivity index (χ4v) is 3.19. The van der Waals surface area contributed by atoms with Gasteiger partial charge < -0.3 is 11.1 Å². The molecule has 3 rings (SSSR count). The Morgan fingerprint density at radius 2 is 1.76 bits per heavy atom. The highest BCUT2D eigenvalue weighted by Crippen LogP contribution is 2.24. The summed E-state index contributed by atoms with van der Waals surface area (Å²) >= 11 is 0. The maximum absolute atomic E-state index is 5.85. The average Bonchev–Trinajstić information content (AvgIpc) is 2.90. The van der Waals surface area contributed by atoms with Gasteiger partial charge in [-0.25, -0.2) is 0 Å². The molecule has 2 nitrogen and oxygen atoms in total. The monoisotopic (exact) mass is 280 g/mol. The molecule has 1 unspecified atom stereocenters. The van der Waals surface area contributed by atoms with Gasteiger partial charge in [-0.3, -0.25) is 0 Å². The number of fused-ring (bicyclic) bond motifs is 1. The van der Waals surface area contributed by atoms with E-state index in [1.54, 1.807) is 0 Å². The van der Waals surface area contributed by atoms with Crippen molar-refractivity contribution in [2.24, 2.45) is 0 Å². The lowest BCUT2D eigenvalue weighted by Crippen LogP contribution is -2.30. The van der Waals surface area contributed by atoms with E-state index in [9.17, 15) is 0 Å². The molecule has 2 aromatic rings. The summed E-state index contributed by atoms with van der Waals surface area (Å²) < 4.78 is 0. The quantitative estimate of drug-likeness (QED) is 0.629. The van der Waals surface area contributed by atoms with Crippen LogP contribution < -0.4 is 11.1 Å². The van der Waals surface area contributed by atoms with E-state index < -0.39 is 0 Å². The minimum Gasteiger partial charge on any atom is -0.399 e. The van der Waals surface area contributed by atoms with Gasteiger partial charge in [-0.2, -0.15) is 0 Å². The number of nitrogens with two attached hydrogens (primary N) is 1. The summed E-state index contributed by atoms with van der Waals surface area (Å²) in [6.45, 7) is 1.11.